The average Bonchev–Trinajstić information content (AvgIpc) is 3.49. The Kier molecular flexibility index (Phi) is 37.4. The predicted molar refractivity (Wildman–Crippen MR) is 290 cm³/mol. The lowest BCUT2D eigenvalue weighted by Crippen LogP contribution is -2.55. The normalized spacial score (nSPS) is 29.2. The summed E-state index contributed by atoms with van der Waals surface area (Å²) in [5.41, 5.74) is -0.835. The van der Waals surface area contributed by atoms with Crippen LogP contribution in [0.5, 0.6) is 0 Å². The number of aliphatic hydroxyl groups excluding tert-OH is 9. The number of likely N-dealkylation sites (N-methyl/N-ethyl adjacent to an activating group) is 1. The number of aliphatic hydroxyl groups is 9. The van der Waals surface area contributed by atoms with Gasteiger partial charge in [0.2, 0.25) is 23.6 Å². The maximum Gasteiger partial charge on any atom is 0.222 e. The molecule has 3 aliphatic rings. The molecule has 81 heavy (non-hydrogen) atoms. The Hall–Kier alpha value is -3.17. The maximum atomic E-state index is 13.0. The Morgan fingerprint density at radius 2 is 0.827 bits per heavy atom. The van der Waals surface area contributed by atoms with E-state index in [0.717, 1.165) is 6.42 Å². The third-order valence-electron chi connectivity index (χ3n) is 14.4. The minimum atomic E-state index is -1.24. The van der Waals surface area contributed by atoms with Crippen LogP contribution in [0.1, 0.15) is 119 Å². The Bertz CT molecular complexity index is 1690. The molecule has 14 N–H and O–H groups in total. The average molecular weight is 1170 g/mol. The van der Waals surface area contributed by atoms with Gasteiger partial charge in [-0.05, 0) is 72.8 Å². The summed E-state index contributed by atoms with van der Waals surface area (Å²) < 4.78 is 45.1. The second kappa shape index (κ2) is 41.0. The molecular weight excluding hydrogens is 1070 g/mol. The number of hydrogen-bond acceptors (Lipinski definition) is 23. The van der Waals surface area contributed by atoms with E-state index in [0.29, 0.717) is 51.7 Å². The van der Waals surface area contributed by atoms with Crippen molar-refractivity contribution in [2.75, 3.05) is 92.7 Å². The summed E-state index contributed by atoms with van der Waals surface area (Å²) in [5, 5.41) is 104. The van der Waals surface area contributed by atoms with Crippen LogP contribution >= 0.6 is 0 Å². The first-order valence-electron chi connectivity index (χ1n) is 28.7. The molecule has 0 bridgehead atoms. The molecule has 0 aliphatic carbocycles. The molecule has 3 rings (SSSR count). The largest absolute Gasteiger partial charge is 0.394 e. The molecular formula is C54H101N5O22. The maximum absolute atomic E-state index is 13.0. The van der Waals surface area contributed by atoms with Crippen LogP contribution in [-0.4, -0.2) is 254 Å². The summed E-state index contributed by atoms with van der Waals surface area (Å²) in [6.07, 6.45) is -7.90. The van der Waals surface area contributed by atoms with Crippen LogP contribution in [0.25, 0.3) is 0 Å². The number of ether oxygens (including phenoxy) is 8. The number of amides is 4. The molecule has 3 heterocycles. The van der Waals surface area contributed by atoms with Gasteiger partial charge in [0.05, 0.1) is 77.3 Å². The zero-order valence-corrected chi connectivity index (χ0v) is 48.7. The zero-order chi connectivity index (χ0) is 60.5. The number of Topliss-reactive ketones (excluding diaryl/α,β-unsaturated/α-hetero) is 1. The fourth-order valence-electron chi connectivity index (χ4n) is 8.93. The van der Waals surface area contributed by atoms with E-state index >= 15 is 0 Å². The van der Waals surface area contributed by atoms with Gasteiger partial charge in [0, 0.05) is 88.2 Å². The summed E-state index contributed by atoms with van der Waals surface area (Å²) in [6, 6.07) is 0. The van der Waals surface area contributed by atoms with Gasteiger partial charge in [-0.25, -0.2) is 0 Å². The minimum absolute atomic E-state index is 0.0193. The van der Waals surface area contributed by atoms with E-state index in [2.05, 4.69) is 26.6 Å². The molecule has 474 valence electrons. The quantitative estimate of drug-likeness (QED) is 0.0280. The van der Waals surface area contributed by atoms with Gasteiger partial charge in [-0.1, -0.05) is 20.8 Å². The molecule has 0 aromatic carbocycles. The number of hydrogen-bond donors (Lipinski definition) is 14. The SMILES string of the molecule is CC(=O)CCCC(=O)NCCCOC(C)C.CNC(CCC(=O)NCCCO[C@@H]1OC(CO)[C@H](O)[C@H](O)C1C)(CCC(=O)NCCCO[C@@H]1OC(CO)[C@H](O)[C@H](O)C1C)COCCC(=O)NCCCO[C@@H]1OC(CO)[C@H](O)[C@H](O)C1C. The van der Waals surface area contributed by atoms with Gasteiger partial charge in [-0.3, -0.25) is 19.2 Å². The first-order chi connectivity index (χ1) is 38.5. The molecule has 27 heteroatoms. The van der Waals surface area contributed by atoms with Crippen molar-refractivity contribution < 1.29 is 108 Å². The number of carbonyl (C=O) groups excluding carboxylic acids is 5. The Labute approximate surface area is 477 Å². The summed E-state index contributed by atoms with van der Waals surface area (Å²) in [5.74, 6) is -2.25. The van der Waals surface area contributed by atoms with Crippen molar-refractivity contribution >= 4 is 29.4 Å². The Morgan fingerprint density at radius 1 is 0.481 bits per heavy atom. The number of ketones is 1. The van der Waals surface area contributed by atoms with Gasteiger partial charge in [-0.2, -0.15) is 0 Å². The van der Waals surface area contributed by atoms with E-state index in [4.69, 9.17) is 37.9 Å². The molecule has 0 saturated carbocycles. The van der Waals surface area contributed by atoms with Gasteiger partial charge < -0.3 is 115 Å². The van der Waals surface area contributed by atoms with E-state index in [1.54, 1.807) is 34.7 Å². The van der Waals surface area contributed by atoms with Crippen LogP contribution in [0.4, 0.5) is 0 Å². The highest BCUT2D eigenvalue weighted by atomic mass is 16.7. The highest BCUT2D eigenvalue weighted by Crippen LogP contribution is 2.29. The third-order valence-corrected chi connectivity index (χ3v) is 14.4. The van der Waals surface area contributed by atoms with Crippen molar-refractivity contribution in [2.45, 2.75) is 204 Å². The van der Waals surface area contributed by atoms with Crippen molar-refractivity contribution in [1.29, 1.82) is 0 Å². The van der Waals surface area contributed by atoms with Crippen molar-refractivity contribution in [2.24, 2.45) is 17.8 Å². The second-order valence-electron chi connectivity index (χ2n) is 21.4. The van der Waals surface area contributed by atoms with E-state index in [1.807, 2.05) is 13.8 Å². The van der Waals surface area contributed by atoms with E-state index in [-0.39, 0.29) is 120 Å². The molecule has 0 aromatic rings. The zero-order valence-electron chi connectivity index (χ0n) is 48.7. The molecule has 6 unspecified atom stereocenters. The molecule has 0 spiro atoms. The van der Waals surface area contributed by atoms with Crippen molar-refractivity contribution in [3.63, 3.8) is 0 Å². The van der Waals surface area contributed by atoms with Crippen LogP contribution in [-0.2, 0) is 61.9 Å². The van der Waals surface area contributed by atoms with Crippen LogP contribution in [0.15, 0.2) is 0 Å². The summed E-state index contributed by atoms with van der Waals surface area (Å²) in [6.45, 7) is 11.9. The molecule has 0 aromatic heterocycles. The second-order valence-corrected chi connectivity index (χ2v) is 21.4. The van der Waals surface area contributed by atoms with Crippen LogP contribution in [0, 0.1) is 17.8 Å². The number of nitrogens with one attached hydrogen (secondary N) is 5. The number of carbonyl (C=O) groups is 5. The molecule has 3 saturated heterocycles. The summed E-state index contributed by atoms with van der Waals surface area (Å²) >= 11 is 0. The van der Waals surface area contributed by atoms with Gasteiger partial charge in [-0.15, -0.1) is 0 Å². The summed E-state index contributed by atoms with van der Waals surface area (Å²) in [7, 11) is 1.70. The van der Waals surface area contributed by atoms with Crippen LogP contribution in [0.3, 0.4) is 0 Å². The lowest BCUT2D eigenvalue weighted by atomic mass is 9.88. The van der Waals surface area contributed by atoms with Crippen molar-refractivity contribution in [3.8, 4) is 0 Å². The van der Waals surface area contributed by atoms with Crippen LogP contribution < -0.4 is 26.6 Å². The smallest absolute Gasteiger partial charge is 0.222 e. The van der Waals surface area contributed by atoms with Gasteiger partial charge in [0.15, 0.2) is 18.9 Å². The standard InChI is InChI=1S/C42H78N4O19.C12H23NO3/c1-24-33(53)36(56)27(20-47)63-39(24)60-16-5-13-44-30(50)8-11-42(43-4,12-9-31(51)45-14-6-17-61-40-25(2)34(54)37(57)28(21-48)64-40)23-59-19-10-32(52)46-15-7-18-62-41-26(3)35(55)38(58)29(22-49)65-41;1-10(2)16-9-5-8-13-12(15)7-4-6-11(3)14/h24-29,33-41,43,47-49,53-58H,5-23H2,1-4H3,(H,44,50)(H,45,51)(H,46,52);10H,4-9H2,1-3H3,(H,13,15)/t24?,25?,26?,27?,28?,29?,33-,34-,35-,36+,37+,38+,39-,40-,41-,42?;/m1./s1. The monoisotopic (exact) mass is 1170 g/mol. The molecule has 4 amide bonds. The lowest BCUT2D eigenvalue weighted by Gasteiger charge is -2.40. The summed E-state index contributed by atoms with van der Waals surface area (Å²) in [4.78, 5) is 60.5. The number of rotatable bonds is 39. The van der Waals surface area contributed by atoms with E-state index in [9.17, 15) is 69.9 Å². The predicted octanol–water partition coefficient (Wildman–Crippen LogP) is -2.62. The Morgan fingerprint density at radius 3 is 1.16 bits per heavy atom. The Balaban J connectivity index is 0.00000121. The fraction of sp³-hybridized carbons (Fsp3) is 0.907. The van der Waals surface area contributed by atoms with E-state index < -0.39 is 117 Å². The highest BCUT2D eigenvalue weighted by molar-refractivity contribution is 5.79. The van der Waals surface area contributed by atoms with Crippen LogP contribution in [0.2, 0.25) is 0 Å². The molecule has 27 nitrogen and oxygen atoms in total. The molecule has 3 aliphatic heterocycles. The minimum Gasteiger partial charge on any atom is -0.394 e. The van der Waals surface area contributed by atoms with E-state index in [1.165, 1.54) is 0 Å². The fourth-order valence-corrected chi connectivity index (χ4v) is 8.93. The molecule has 0 radical (unpaired) electrons. The third kappa shape index (κ3) is 28.1. The first kappa shape index (κ1) is 73.9. The molecule has 15 atom stereocenters. The van der Waals surface area contributed by atoms with Gasteiger partial charge >= 0.3 is 0 Å². The van der Waals surface area contributed by atoms with Crippen molar-refractivity contribution in [3.05, 3.63) is 0 Å². The topological polar surface area (TPSA) is 401 Å². The highest BCUT2D eigenvalue weighted by Gasteiger charge is 2.44. The van der Waals surface area contributed by atoms with Crippen molar-refractivity contribution in [1.82, 2.24) is 26.6 Å². The first-order valence-corrected chi connectivity index (χ1v) is 28.7. The lowest BCUT2D eigenvalue weighted by molar-refractivity contribution is -0.282. The van der Waals surface area contributed by atoms with Gasteiger partial charge in [0.1, 0.15) is 42.4 Å². The van der Waals surface area contributed by atoms with Gasteiger partial charge in [0.25, 0.3) is 0 Å². The molecule has 3 fully saturated rings.